The number of carbonyl (C=O) groups excluding carboxylic acids is 1. The van der Waals surface area contributed by atoms with Gasteiger partial charge in [-0.25, -0.2) is 0 Å². The van der Waals surface area contributed by atoms with E-state index in [1.807, 2.05) is 0 Å². The van der Waals surface area contributed by atoms with Gasteiger partial charge in [0.05, 0.1) is 12.7 Å². The van der Waals surface area contributed by atoms with E-state index in [1.165, 1.54) is 6.92 Å². The molecule has 2 atom stereocenters. The Morgan fingerprint density at radius 3 is 2.59 bits per heavy atom. The number of carbonyl (C=O) groups is 1. The summed E-state index contributed by atoms with van der Waals surface area (Å²) in [6.07, 6.45) is -5.33. The minimum absolute atomic E-state index is 0.0652. The third kappa shape index (κ3) is 10.0. The Morgan fingerprint density at radius 1 is 1.53 bits per heavy atom. The maximum atomic E-state index is 11.7. The fourth-order valence-corrected chi connectivity index (χ4v) is 0.843. The number of ether oxygens (including phenoxy) is 1. The summed E-state index contributed by atoms with van der Waals surface area (Å²) in [5.74, 6) is -0.469. The van der Waals surface area contributed by atoms with E-state index in [2.05, 4.69) is 10.1 Å². The quantitative estimate of drug-likeness (QED) is 0.551. The Balaban J connectivity index is 3.54. The summed E-state index contributed by atoms with van der Waals surface area (Å²) in [5.41, 5.74) is 5.43. The number of halogens is 3. The molecule has 8 heteroatoms. The number of alkyl halides is 3. The first-order chi connectivity index (χ1) is 7.72. The Bertz CT molecular complexity index is 234. The Hall–Kier alpha value is -0.860. The van der Waals surface area contributed by atoms with E-state index >= 15 is 0 Å². The number of aliphatic hydroxyl groups excluding tert-OH is 1. The summed E-state index contributed by atoms with van der Waals surface area (Å²) >= 11 is 0. The third-order valence-electron chi connectivity index (χ3n) is 1.89. The van der Waals surface area contributed by atoms with Gasteiger partial charge in [0.1, 0.15) is 6.61 Å². The second-order valence-electron chi connectivity index (χ2n) is 3.63. The van der Waals surface area contributed by atoms with Crippen LogP contribution in [0.1, 0.15) is 13.3 Å². The van der Waals surface area contributed by atoms with Crippen LogP contribution in [-0.2, 0) is 9.53 Å². The number of rotatable bonds is 7. The minimum atomic E-state index is -4.38. The van der Waals surface area contributed by atoms with Gasteiger partial charge in [0.15, 0.2) is 0 Å². The lowest BCUT2D eigenvalue weighted by molar-refractivity contribution is -0.174. The number of hydrogen-bond acceptors (Lipinski definition) is 4. The zero-order valence-electron chi connectivity index (χ0n) is 9.46. The highest BCUT2D eigenvalue weighted by atomic mass is 19.4. The molecular formula is C9H17F3N2O3. The summed E-state index contributed by atoms with van der Waals surface area (Å²) in [6, 6.07) is -0.602. The molecule has 0 saturated carbocycles. The Labute approximate surface area is 97.1 Å². The second kappa shape index (κ2) is 7.46. The largest absolute Gasteiger partial charge is 0.411 e. The van der Waals surface area contributed by atoms with Gasteiger partial charge in [0, 0.05) is 19.0 Å². The van der Waals surface area contributed by atoms with Gasteiger partial charge < -0.3 is 20.9 Å². The molecule has 102 valence electrons. The van der Waals surface area contributed by atoms with Crippen molar-refractivity contribution in [3.8, 4) is 0 Å². The zero-order chi connectivity index (χ0) is 13.5. The molecule has 5 nitrogen and oxygen atoms in total. The first kappa shape index (κ1) is 16.1. The van der Waals surface area contributed by atoms with Crippen LogP contribution in [-0.4, -0.2) is 49.1 Å². The molecule has 0 spiro atoms. The van der Waals surface area contributed by atoms with Crippen molar-refractivity contribution >= 4 is 5.91 Å². The molecule has 0 aromatic carbocycles. The molecule has 0 rings (SSSR count). The van der Waals surface area contributed by atoms with Crippen molar-refractivity contribution < 1.29 is 27.8 Å². The molecule has 0 aliphatic heterocycles. The van der Waals surface area contributed by atoms with Gasteiger partial charge in [-0.2, -0.15) is 13.2 Å². The van der Waals surface area contributed by atoms with Crippen molar-refractivity contribution in [1.82, 2.24) is 5.32 Å². The van der Waals surface area contributed by atoms with Gasteiger partial charge in [-0.3, -0.25) is 4.79 Å². The van der Waals surface area contributed by atoms with Crippen molar-refractivity contribution in [1.29, 1.82) is 0 Å². The normalized spacial score (nSPS) is 15.4. The van der Waals surface area contributed by atoms with Crippen LogP contribution < -0.4 is 11.1 Å². The van der Waals surface area contributed by atoms with Crippen LogP contribution in [0.5, 0.6) is 0 Å². The van der Waals surface area contributed by atoms with E-state index in [-0.39, 0.29) is 19.6 Å². The molecule has 2 unspecified atom stereocenters. The van der Waals surface area contributed by atoms with Gasteiger partial charge in [-0.1, -0.05) is 0 Å². The Kier molecular flexibility index (Phi) is 7.09. The van der Waals surface area contributed by atoms with E-state index in [1.54, 1.807) is 0 Å². The standard InChI is InChI=1S/C9H17F3N2O3/c1-6(15)7(13)4-14-8(16)2-3-17-5-9(10,11)12/h6-7,15H,2-5,13H2,1H3,(H,14,16). The van der Waals surface area contributed by atoms with E-state index in [0.717, 1.165) is 0 Å². The van der Waals surface area contributed by atoms with Crippen molar-refractivity contribution in [2.45, 2.75) is 31.7 Å². The second-order valence-corrected chi connectivity index (χ2v) is 3.63. The lowest BCUT2D eigenvalue weighted by Gasteiger charge is -2.15. The number of nitrogens with two attached hydrogens (primary N) is 1. The van der Waals surface area contributed by atoms with Gasteiger partial charge in [-0.05, 0) is 6.92 Å². The average molecular weight is 258 g/mol. The van der Waals surface area contributed by atoms with Crippen LogP contribution in [0.15, 0.2) is 0 Å². The molecule has 0 aromatic rings. The molecule has 0 saturated heterocycles. The highest BCUT2D eigenvalue weighted by Gasteiger charge is 2.27. The molecule has 0 radical (unpaired) electrons. The van der Waals surface area contributed by atoms with E-state index in [4.69, 9.17) is 10.8 Å². The van der Waals surface area contributed by atoms with Gasteiger partial charge >= 0.3 is 6.18 Å². The number of aliphatic hydroxyl groups is 1. The van der Waals surface area contributed by atoms with Crippen molar-refractivity contribution in [3.63, 3.8) is 0 Å². The smallest absolute Gasteiger partial charge is 0.392 e. The molecule has 0 fully saturated rings. The first-order valence-corrected chi connectivity index (χ1v) is 5.07. The highest BCUT2D eigenvalue weighted by molar-refractivity contribution is 5.75. The summed E-state index contributed by atoms with van der Waals surface area (Å²) in [6.45, 7) is -0.137. The monoisotopic (exact) mass is 258 g/mol. The predicted octanol–water partition coefficient (Wildman–Crippen LogP) is -0.220. The number of amides is 1. The van der Waals surface area contributed by atoms with Crippen molar-refractivity contribution in [2.75, 3.05) is 19.8 Å². The molecule has 1 amide bonds. The number of hydrogen-bond donors (Lipinski definition) is 3. The lowest BCUT2D eigenvalue weighted by atomic mass is 10.2. The van der Waals surface area contributed by atoms with Crippen molar-refractivity contribution in [2.24, 2.45) is 5.73 Å². The molecule has 0 aromatic heterocycles. The number of nitrogens with one attached hydrogen (secondary N) is 1. The highest BCUT2D eigenvalue weighted by Crippen LogP contribution is 2.14. The van der Waals surface area contributed by atoms with E-state index in [9.17, 15) is 18.0 Å². The fourth-order valence-electron chi connectivity index (χ4n) is 0.843. The zero-order valence-corrected chi connectivity index (χ0v) is 9.46. The topological polar surface area (TPSA) is 84.6 Å². The van der Waals surface area contributed by atoms with Gasteiger partial charge in [-0.15, -0.1) is 0 Å². The van der Waals surface area contributed by atoms with Crippen molar-refractivity contribution in [3.05, 3.63) is 0 Å². The van der Waals surface area contributed by atoms with Crippen LogP contribution in [0.2, 0.25) is 0 Å². The summed E-state index contributed by atoms with van der Waals surface area (Å²) in [7, 11) is 0. The molecule has 17 heavy (non-hydrogen) atoms. The summed E-state index contributed by atoms with van der Waals surface area (Å²) in [5, 5.41) is 11.4. The van der Waals surface area contributed by atoms with Gasteiger partial charge in [0.2, 0.25) is 5.91 Å². The van der Waals surface area contributed by atoms with Crippen LogP contribution >= 0.6 is 0 Å². The molecule has 0 bridgehead atoms. The minimum Gasteiger partial charge on any atom is -0.392 e. The SMILES string of the molecule is CC(O)C(N)CNC(=O)CCOCC(F)(F)F. The molecule has 4 N–H and O–H groups in total. The van der Waals surface area contributed by atoms with Crippen LogP contribution in [0, 0.1) is 0 Å². The summed E-state index contributed by atoms with van der Waals surface area (Å²) in [4.78, 5) is 11.1. The Morgan fingerprint density at radius 2 is 2.12 bits per heavy atom. The molecule has 0 aliphatic carbocycles. The third-order valence-corrected chi connectivity index (χ3v) is 1.89. The maximum Gasteiger partial charge on any atom is 0.411 e. The molecule has 0 aliphatic rings. The van der Waals surface area contributed by atoms with E-state index in [0.29, 0.717) is 0 Å². The average Bonchev–Trinajstić information content (AvgIpc) is 2.19. The lowest BCUT2D eigenvalue weighted by Crippen LogP contribution is -2.43. The van der Waals surface area contributed by atoms with E-state index < -0.39 is 30.8 Å². The fraction of sp³-hybridized carbons (Fsp3) is 0.889. The maximum absolute atomic E-state index is 11.7. The van der Waals surface area contributed by atoms with Crippen LogP contribution in [0.25, 0.3) is 0 Å². The predicted molar refractivity (Wildman–Crippen MR) is 54.2 cm³/mol. The molecule has 0 heterocycles. The summed E-state index contributed by atoms with van der Waals surface area (Å²) < 4.78 is 39.2. The van der Waals surface area contributed by atoms with Crippen LogP contribution in [0.3, 0.4) is 0 Å². The first-order valence-electron chi connectivity index (χ1n) is 5.07. The van der Waals surface area contributed by atoms with Gasteiger partial charge in [0.25, 0.3) is 0 Å². The van der Waals surface area contributed by atoms with Crippen LogP contribution in [0.4, 0.5) is 13.2 Å². The molecular weight excluding hydrogens is 241 g/mol.